The van der Waals surface area contributed by atoms with Crippen LogP contribution in [-0.2, 0) is 11.0 Å². The van der Waals surface area contributed by atoms with E-state index >= 15 is 0 Å². The number of Topliss-reactive ketones (excluding diaryl/α,β-unsaturated/α-hetero) is 1. The van der Waals surface area contributed by atoms with Gasteiger partial charge in [0.1, 0.15) is 17.6 Å². The van der Waals surface area contributed by atoms with Crippen molar-refractivity contribution in [1.82, 2.24) is 14.8 Å². The number of rotatable bonds is 2. The lowest BCUT2D eigenvalue weighted by Crippen LogP contribution is -2.33. The molecule has 3 aromatic rings. The van der Waals surface area contributed by atoms with Crippen LogP contribution >= 0.6 is 0 Å². The molecule has 0 unspecified atom stereocenters. The zero-order valence-electron chi connectivity index (χ0n) is 15.3. The number of nitrogens with one attached hydrogen (secondary N) is 1. The molecule has 30 heavy (non-hydrogen) atoms. The van der Waals surface area contributed by atoms with Crippen LogP contribution in [0.15, 0.2) is 58.3 Å². The first kappa shape index (κ1) is 18.6. The monoisotopic (exact) mass is 418 g/mol. The number of carbonyl (C=O) groups excluding carboxylic acids is 1. The zero-order chi connectivity index (χ0) is 21.0. The summed E-state index contributed by atoms with van der Waals surface area (Å²) in [6.45, 7) is 0. The standard InChI is InChI=1S/C20H14F4N4O2/c21-12-5-3-10(4-6-12)17-16-13(8-11(9-14(16)29)15-2-1-7-30-15)25-19-26-18(20(22,23)24)27-28(17)19/h1-7,11,17H,8-9H2,(H,25,26,27)/t11-,17+/m0/s1. The molecule has 154 valence electrons. The average Bonchev–Trinajstić information content (AvgIpc) is 3.36. The average molecular weight is 418 g/mol. The van der Waals surface area contributed by atoms with Gasteiger partial charge in [-0.25, -0.2) is 9.07 Å². The predicted octanol–water partition coefficient (Wildman–Crippen LogP) is 4.44. The summed E-state index contributed by atoms with van der Waals surface area (Å²) in [7, 11) is 0. The van der Waals surface area contributed by atoms with Gasteiger partial charge in [-0.05, 0) is 36.2 Å². The number of alkyl halides is 3. The van der Waals surface area contributed by atoms with Crippen LogP contribution in [0.25, 0.3) is 0 Å². The van der Waals surface area contributed by atoms with Gasteiger partial charge >= 0.3 is 6.18 Å². The third-order valence-electron chi connectivity index (χ3n) is 5.30. The van der Waals surface area contributed by atoms with Gasteiger partial charge in [-0.2, -0.15) is 18.2 Å². The van der Waals surface area contributed by atoms with E-state index in [1.807, 2.05) is 0 Å². The van der Waals surface area contributed by atoms with Gasteiger partial charge in [0.25, 0.3) is 5.82 Å². The van der Waals surface area contributed by atoms with Crippen molar-refractivity contribution in [1.29, 1.82) is 0 Å². The number of nitrogens with zero attached hydrogens (tertiary/aromatic N) is 3. The molecular weight excluding hydrogens is 404 g/mol. The first-order valence-corrected chi connectivity index (χ1v) is 9.17. The van der Waals surface area contributed by atoms with Crippen molar-refractivity contribution in [2.75, 3.05) is 5.32 Å². The fourth-order valence-corrected chi connectivity index (χ4v) is 4.01. The number of furan rings is 1. The number of anilines is 1. The minimum absolute atomic E-state index is 0.122. The number of fused-ring (bicyclic) bond motifs is 1. The van der Waals surface area contributed by atoms with Crippen molar-refractivity contribution in [3.05, 3.63) is 76.9 Å². The molecular formula is C20H14F4N4O2. The largest absolute Gasteiger partial charge is 0.469 e. The molecule has 0 bridgehead atoms. The molecule has 1 N–H and O–H groups in total. The second-order valence-electron chi connectivity index (χ2n) is 7.22. The minimum atomic E-state index is -4.75. The number of hydrogen-bond donors (Lipinski definition) is 1. The van der Waals surface area contributed by atoms with E-state index in [-0.39, 0.29) is 24.1 Å². The van der Waals surface area contributed by atoms with Gasteiger partial charge in [0, 0.05) is 23.6 Å². The van der Waals surface area contributed by atoms with E-state index < -0.39 is 23.9 Å². The second-order valence-corrected chi connectivity index (χ2v) is 7.22. The third-order valence-corrected chi connectivity index (χ3v) is 5.30. The second kappa shape index (κ2) is 6.54. The molecule has 2 atom stereocenters. The molecule has 0 saturated heterocycles. The van der Waals surface area contributed by atoms with E-state index in [4.69, 9.17) is 4.42 Å². The summed E-state index contributed by atoms with van der Waals surface area (Å²) in [6, 6.07) is 7.78. The molecule has 0 amide bonds. The molecule has 0 radical (unpaired) electrons. The van der Waals surface area contributed by atoms with Crippen LogP contribution in [0.4, 0.5) is 23.5 Å². The Morgan fingerprint density at radius 1 is 1.13 bits per heavy atom. The van der Waals surface area contributed by atoms with Gasteiger partial charge in [0.2, 0.25) is 5.95 Å². The fourth-order valence-electron chi connectivity index (χ4n) is 4.01. The van der Waals surface area contributed by atoms with Crippen LogP contribution in [0.2, 0.25) is 0 Å². The maximum absolute atomic E-state index is 13.4. The Bertz CT molecular complexity index is 1150. The van der Waals surface area contributed by atoms with Crippen molar-refractivity contribution in [3.63, 3.8) is 0 Å². The van der Waals surface area contributed by atoms with Crippen molar-refractivity contribution < 1.29 is 26.8 Å². The number of aromatic nitrogens is 3. The Hall–Kier alpha value is -3.43. The van der Waals surface area contributed by atoms with Crippen molar-refractivity contribution in [2.45, 2.75) is 31.0 Å². The summed E-state index contributed by atoms with van der Waals surface area (Å²) in [5, 5.41) is 6.47. The summed E-state index contributed by atoms with van der Waals surface area (Å²) in [4.78, 5) is 16.7. The van der Waals surface area contributed by atoms with Crippen LogP contribution in [0.1, 0.15) is 41.9 Å². The zero-order valence-corrected chi connectivity index (χ0v) is 15.3. The van der Waals surface area contributed by atoms with Gasteiger partial charge < -0.3 is 9.73 Å². The Labute approximate surface area is 167 Å². The summed E-state index contributed by atoms with van der Waals surface area (Å²) < 4.78 is 59.6. The quantitative estimate of drug-likeness (QED) is 0.623. The molecule has 10 heteroatoms. The number of hydrogen-bond acceptors (Lipinski definition) is 5. The van der Waals surface area contributed by atoms with Crippen LogP contribution in [0.3, 0.4) is 0 Å². The summed E-state index contributed by atoms with van der Waals surface area (Å²) in [5.41, 5.74) is 1.21. The predicted molar refractivity (Wildman–Crippen MR) is 95.9 cm³/mol. The molecule has 6 nitrogen and oxygen atoms in total. The summed E-state index contributed by atoms with van der Waals surface area (Å²) in [6.07, 6.45) is -2.74. The number of halogens is 4. The smallest absolute Gasteiger partial charge is 0.453 e. The topological polar surface area (TPSA) is 73.0 Å². The molecule has 1 aliphatic heterocycles. The molecule has 1 aromatic carbocycles. The Morgan fingerprint density at radius 2 is 1.90 bits per heavy atom. The van der Waals surface area contributed by atoms with Crippen molar-refractivity contribution in [2.24, 2.45) is 0 Å². The van der Waals surface area contributed by atoms with Crippen LogP contribution in [0, 0.1) is 5.82 Å². The number of benzene rings is 1. The first-order valence-electron chi connectivity index (χ1n) is 9.17. The Balaban J connectivity index is 1.64. The molecule has 2 aromatic heterocycles. The number of ketones is 1. The lowest BCUT2D eigenvalue weighted by atomic mass is 9.79. The minimum Gasteiger partial charge on any atom is -0.469 e. The van der Waals surface area contributed by atoms with E-state index in [2.05, 4.69) is 15.4 Å². The summed E-state index contributed by atoms with van der Waals surface area (Å²) >= 11 is 0. The normalized spacial score (nSPS) is 21.3. The highest BCUT2D eigenvalue weighted by molar-refractivity contribution is 6.00. The SMILES string of the molecule is O=C1C[C@@H](c2ccco2)CC2=C1[C@@H](c1ccc(F)cc1)n1nc(C(F)(F)F)nc1N2. The highest BCUT2D eigenvalue weighted by atomic mass is 19.4. The molecule has 0 spiro atoms. The van der Waals surface area contributed by atoms with Gasteiger partial charge in [0.05, 0.1) is 6.26 Å². The van der Waals surface area contributed by atoms with Crippen LogP contribution in [-0.4, -0.2) is 20.5 Å². The molecule has 3 heterocycles. The third kappa shape index (κ3) is 2.99. The van der Waals surface area contributed by atoms with E-state index in [0.29, 0.717) is 29.0 Å². The molecule has 0 saturated carbocycles. The van der Waals surface area contributed by atoms with Crippen molar-refractivity contribution in [3.8, 4) is 0 Å². The highest BCUT2D eigenvalue weighted by Crippen LogP contribution is 2.44. The Morgan fingerprint density at radius 3 is 2.57 bits per heavy atom. The van der Waals surface area contributed by atoms with Gasteiger partial charge in [-0.15, -0.1) is 5.10 Å². The Kier molecular flexibility index (Phi) is 4.05. The molecule has 0 fully saturated rings. The maximum atomic E-state index is 13.4. The van der Waals surface area contributed by atoms with Crippen molar-refractivity contribution >= 4 is 11.7 Å². The van der Waals surface area contributed by atoms with E-state index in [0.717, 1.165) is 4.68 Å². The van der Waals surface area contributed by atoms with E-state index in [1.54, 1.807) is 12.1 Å². The summed E-state index contributed by atoms with van der Waals surface area (Å²) in [5.74, 6) is -1.80. The number of carbonyl (C=O) groups is 1. The lowest BCUT2D eigenvalue weighted by molar-refractivity contribution is -0.145. The highest BCUT2D eigenvalue weighted by Gasteiger charge is 2.43. The number of allylic oxidation sites excluding steroid dienone is 2. The van der Waals surface area contributed by atoms with Gasteiger partial charge in [0.15, 0.2) is 5.78 Å². The lowest BCUT2D eigenvalue weighted by Gasteiger charge is -2.34. The first-order chi connectivity index (χ1) is 14.3. The van der Waals surface area contributed by atoms with Gasteiger partial charge in [-0.1, -0.05) is 12.1 Å². The molecule has 5 rings (SSSR count). The van der Waals surface area contributed by atoms with Crippen LogP contribution < -0.4 is 5.32 Å². The fraction of sp³-hybridized carbons (Fsp3) is 0.250. The van der Waals surface area contributed by atoms with E-state index in [9.17, 15) is 22.4 Å². The molecule has 1 aliphatic carbocycles. The maximum Gasteiger partial charge on any atom is 0.453 e. The van der Waals surface area contributed by atoms with E-state index in [1.165, 1.54) is 30.5 Å². The van der Waals surface area contributed by atoms with Crippen LogP contribution in [0.5, 0.6) is 0 Å². The van der Waals surface area contributed by atoms with Gasteiger partial charge in [-0.3, -0.25) is 4.79 Å². The molecule has 2 aliphatic rings.